The lowest BCUT2D eigenvalue weighted by Crippen LogP contribution is -2.42. The zero-order valence-corrected chi connectivity index (χ0v) is 17.8. The first-order valence-corrected chi connectivity index (χ1v) is 11.3. The van der Waals surface area contributed by atoms with Gasteiger partial charge in [-0.25, -0.2) is 4.68 Å². The molecule has 2 aromatic rings. The van der Waals surface area contributed by atoms with Crippen molar-refractivity contribution in [1.82, 2.24) is 30.4 Å². The summed E-state index contributed by atoms with van der Waals surface area (Å²) in [6, 6.07) is 7.21. The molecule has 160 valence electrons. The maximum atomic E-state index is 12.3. The number of piperidine rings is 1. The van der Waals surface area contributed by atoms with Gasteiger partial charge in [0.05, 0.1) is 0 Å². The molecule has 0 spiro atoms. The van der Waals surface area contributed by atoms with Crippen molar-refractivity contribution in [2.45, 2.75) is 36.9 Å². The molecular weight excluding hydrogens is 404 g/mol. The number of amides is 2. The molecule has 10 heteroatoms. The molecule has 2 heterocycles. The molecule has 2 amide bonds. The fourth-order valence-corrected chi connectivity index (χ4v) is 4.12. The molecule has 1 N–H and O–H groups in total. The second-order valence-electron chi connectivity index (χ2n) is 7.63. The number of rotatable bonds is 8. The summed E-state index contributed by atoms with van der Waals surface area (Å²) in [5, 5.41) is 14.8. The Morgan fingerprint density at radius 3 is 2.53 bits per heavy atom. The largest absolute Gasteiger partial charge is 0.490 e. The molecule has 9 nitrogen and oxygen atoms in total. The number of thioether (sulfide) groups is 1. The fourth-order valence-electron chi connectivity index (χ4n) is 3.41. The minimum atomic E-state index is -0.120. The van der Waals surface area contributed by atoms with Gasteiger partial charge in [0.25, 0.3) is 5.91 Å². The summed E-state index contributed by atoms with van der Waals surface area (Å²) in [5.41, 5.74) is 0.595. The van der Waals surface area contributed by atoms with Crippen molar-refractivity contribution in [3.05, 3.63) is 29.8 Å². The fraction of sp³-hybridized carbons (Fsp3) is 0.550. The quantitative estimate of drug-likeness (QED) is 0.500. The van der Waals surface area contributed by atoms with Gasteiger partial charge in [0.1, 0.15) is 11.9 Å². The smallest absolute Gasteiger partial charge is 0.251 e. The highest BCUT2D eigenvalue weighted by Crippen LogP contribution is 2.32. The van der Waals surface area contributed by atoms with Gasteiger partial charge in [0.15, 0.2) is 0 Å². The first kappa shape index (κ1) is 20.6. The third-order valence-electron chi connectivity index (χ3n) is 5.30. The number of carbonyl (C=O) groups is 2. The van der Waals surface area contributed by atoms with E-state index in [0.717, 1.165) is 44.5 Å². The van der Waals surface area contributed by atoms with E-state index in [1.54, 1.807) is 23.9 Å². The van der Waals surface area contributed by atoms with Crippen molar-refractivity contribution in [1.29, 1.82) is 0 Å². The second-order valence-corrected chi connectivity index (χ2v) is 8.69. The van der Waals surface area contributed by atoms with Crippen LogP contribution in [-0.4, -0.2) is 68.4 Å². The van der Waals surface area contributed by atoms with Crippen LogP contribution in [0.2, 0.25) is 0 Å². The first-order valence-electron chi connectivity index (χ1n) is 10.3. The van der Waals surface area contributed by atoms with Crippen LogP contribution in [-0.2, 0) is 11.8 Å². The number of carbonyl (C=O) groups excluding carboxylic acids is 2. The molecule has 1 aromatic carbocycles. The average molecular weight is 431 g/mol. The lowest BCUT2D eigenvalue weighted by molar-refractivity contribution is -0.134. The van der Waals surface area contributed by atoms with E-state index >= 15 is 0 Å². The number of nitrogens with one attached hydrogen (secondary N) is 1. The van der Waals surface area contributed by atoms with Gasteiger partial charge >= 0.3 is 0 Å². The highest BCUT2D eigenvalue weighted by Gasteiger charge is 2.35. The van der Waals surface area contributed by atoms with E-state index < -0.39 is 0 Å². The monoisotopic (exact) mass is 430 g/mol. The van der Waals surface area contributed by atoms with Gasteiger partial charge in [-0.05, 0) is 47.5 Å². The Morgan fingerprint density at radius 2 is 1.90 bits per heavy atom. The Morgan fingerprint density at radius 1 is 1.17 bits per heavy atom. The van der Waals surface area contributed by atoms with Crippen LogP contribution >= 0.6 is 11.8 Å². The number of aromatic nitrogens is 4. The molecule has 1 aliphatic carbocycles. The van der Waals surface area contributed by atoms with Crippen LogP contribution < -0.4 is 10.1 Å². The predicted molar refractivity (Wildman–Crippen MR) is 111 cm³/mol. The number of aryl methyl sites for hydroxylation is 1. The Kier molecular flexibility index (Phi) is 6.51. The Bertz CT molecular complexity index is 875. The number of hydrogen-bond acceptors (Lipinski definition) is 7. The SMILES string of the molecule is Cn1nnnc1SCCNC(=O)c1ccc(OC2CCN(C(=O)C3CC3)CC2)cc1. The highest BCUT2D eigenvalue weighted by molar-refractivity contribution is 7.99. The average Bonchev–Trinajstić information content (AvgIpc) is 3.54. The molecule has 0 atom stereocenters. The molecule has 0 bridgehead atoms. The van der Waals surface area contributed by atoms with Gasteiger partial charge < -0.3 is 15.0 Å². The molecule has 2 aliphatic rings. The van der Waals surface area contributed by atoms with Crippen LogP contribution in [0.1, 0.15) is 36.0 Å². The lowest BCUT2D eigenvalue weighted by atomic mass is 10.1. The van der Waals surface area contributed by atoms with E-state index in [1.165, 1.54) is 11.8 Å². The number of likely N-dealkylation sites (tertiary alicyclic amines) is 1. The Labute approximate surface area is 179 Å². The summed E-state index contributed by atoms with van der Waals surface area (Å²) in [5.74, 6) is 1.91. The maximum absolute atomic E-state index is 12.3. The highest BCUT2D eigenvalue weighted by atomic mass is 32.2. The first-order chi connectivity index (χ1) is 14.6. The van der Waals surface area contributed by atoms with Crippen LogP contribution in [0.3, 0.4) is 0 Å². The number of nitrogens with zero attached hydrogens (tertiary/aromatic N) is 5. The lowest BCUT2D eigenvalue weighted by Gasteiger charge is -2.32. The molecule has 1 aromatic heterocycles. The van der Waals surface area contributed by atoms with E-state index in [2.05, 4.69) is 20.8 Å². The minimum Gasteiger partial charge on any atom is -0.490 e. The third kappa shape index (κ3) is 5.29. The van der Waals surface area contributed by atoms with Gasteiger partial charge in [0.2, 0.25) is 11.1 Å². The van der Waals surface area contributed by atoms with Crippen molar-refractivity contribution in [3.8, 4) is 5.75 Å². The second kappa shape index (κ2) is 9.46. The molecular formula is C20H26N6O3S. The van der Waals surface area contributed by atoms with Crippen molar-refractivity contribution >= 4 is 23.6 Å². The molecule has 1 saturated heterocycles. The normalized spacial score (nSPS) is 17.0. The minimum absolute atomic E-state index is 0.111. The Balaban J connectivity index is 1.18. The third-order valence-corrected chi connectivity index (χ3v) is 6.31. The van der Waals surface area contributed by atoms with Crippen molar-refractivity contribution in [3.63, 3.8) is 0 Å². The molecule has 30 heavy (non-hydrogen) atoms. The van der Waals surface area contributed by atoms with Gasteiger partial charge in [-0.1, -0.05) is 11.8 Å². The van der Waals surface area contributed by atoms with Crippen LogP contribution in [0.25, 0.3) is 0 Å². The van der Waals surface area contributed by atoms with Crippen LogP contribution in [0.15, 0.2) is 29.4 Å². The Hall–Kier alpha value is -2.62. The van der Waals surface area contributed by atoms with Crippen LogP contribution in [0.4, 0.5) is 0 Å². The summed E-state index contributed by atoms with van der Waals surface area (Å²) in [6.45, 7) is 2.05. The molecule has 1 aliphatic heterocycles. The number of benzene rings is 1. The zero-order chi connectivity index (χ0) is 20.9. The molecule has 4 rings (SSSR count). The molecule has 0 radical (unpaired) electrons. The van der Waals surface area contributed by atoms with E-state index in [4.69, 9.17) is 4.74 Å². The summed E-state index contributed by atoms with van der Waals surface area (Å²) >= 11 is 1.49. The zero-order valence-electron chi connectivity index (χ0n) is 17.0. The number of hydrogen-bond donors (Lipinski definition) is 1. The van der Waals surface area contributed by atoms with Crippen molar-refractivity contribution < 1.29 is 14.3 Å². The van der Waals surface area contributed by atoms with Crippen molar-refractivity contribution in [2.75, 3.05) is 25.4 Å². The molecule has 1 saturated carbocycles. The van der Waals surface area contributed by atoms with Gasteiger partial charge in [-0.3, -0.25) is 9.59 Å². The van der Waals surface area contributed by atoms with Gasteiger partial charge in [-0.15, -0.1) is 5.10 Å². The topological polar surface area (TPSA) is 102 Å². The van der Waals surface area contributed by atoms with E-state index in [1.807, 2.05) is 17.0 Å². The van der Waals surface area contributed by atoms with Crippen LogP contribution in [0, 0.1) is 5.92 Å². The molecule has 0 unspecified atom stereocenters. The van der Waals surface area contributed by atoms with E-state index in [9.17, 15) is 9.59 Å². The predicted octanol–water partition coefficient (Wildman–Crippen LogP) is 1.51. The maximum Gasteiger partial charge on any atom is 0.251 e. The summed E-state index contributed by atoms with van der Waals surface area (Å²) in [6.07, 6.45) is 3.90. The summed E-state index contributed by atoms with van der Waals surface area (Å²) in [4.78, 5) is 26.4. The van der Waals surface area contributed by atoms with Gasteiger partial charge in [-0.2, -0.15) is 0 Å². The number of tetrazole rings is 1. The van der Waals surface area contributed by atoms with E-state index in [0.29, 0.717) is 28.9 Å². The van der Waals surface area contributed by atoms with Crippen LogP contribution in [0.5, 0.6) is 5.75 Å². The number of ether oxygens (including phenoxy) is 1. The molecule has 2 fully saturated rings. The summed E-state index contributed by atoms with van der Waals surface area (Å²) in [7, 11) is 1.78. The summed E-state index contributed by atoms with van der Waals surface area (Å²) < 4.78 is 7.65. The van der Waals surface area contributed by atoms with E-state index in [-0.39, 0.29) is 17.9 Å². The van der Waals surface area contributed by atoms with Gasteiger partial charge in [0, 0.05) is 56.8 Å². The standard InChI is InChI=1S/C20H26N6O3S/c1-25-20(22-23-24-25)30-13-10-21-18(27)14-4-6-16(7-5-14)29-17-8-11-26(12-9-17)19(28)15-2-3-15/h4-7,15,17H,2-3,8-13H2,1H3,(H,21,27). The van der Waals surface area contributed by atoms with Crippen molar-refractivity contribution in [2.24, 2.45) is 13.0 Å².